The summed E-state index contributed by atoms with van der Waals surface area (Å²) < 4.78 is 42.2. The predicted octanol–water partition coefficient (Wildman–Crippen LogP) is 3.26. The Morgan fingerprint density at radius 2 is 1.93 bits per heavy atom. The fourth-order valence-corrected chi connectivity index (χ4v) is 4.26. The van der Waals surface area contributed by atoms with Crippen LogP contribution in [-0.2, 0) is 9.53 Å². The Kier molecular flexibility index (Phi) is 7.93. The highest BCUT2D eigenvalue weighted by molar-refractivity contribution is 5.93. The fraction of sp³-hybridized carbons (Fsp3) is 0.700. The molecule has 3 heterocycles. The normalized spacial score (nSPS) is 21.6. The van der Waals surface area contributed by atoms with Crippen LogP contribution in [0, 0.1) is 5.41 Å². The second-order valence-electron chi connectivity index (χ2n) is 8.19. The molecule has 1 unspecified atom stereocenters. The Balaban J connectivity index is 0.000000396. The van der Waals surface area contributed by atoms with E-state index in [9.17, 15) is 18.0 Å². The number of amides is 1. The molecule has 0 aliphatic carbocycles. The number of carboxylic acids is 1. The Bertz CT molecular complexity index is 698. The molecule has 30 heavy (non-hydrogen) atoms. The Morgan fingerprint density at radius 3 is 2.37 bits per heavy atom. The first-order valence-electron chi connectivity index (χ1n) is 9.85. The van der Waals surface area contributed by atoms with Crippen molar-refractivity contribution in [3.8, 4) is 0 Å². The minimum Gasteiger partial charge on any atom is -0.475 e. The van der Waals surface area contributed by atoms with E-state index in [2.05, 4.69) is 18.7 Å². The van der Waals surface area contributed by atoms with Gasteiger partial charge in [-0.15, -0.1) is 0 Å². The summed E-state index contributed by atoms with van der Waals surface area (Å²) in [7, 11) is 1.79. The standard InChI is InChI=1S/C18H28N2O3.C2HF3O2/c1-14(2)20-13-18(10-16(20)12-22-3)5-7-19(8-6-18)17(21)15-4-9-23-11-15;3-2(4,5)1(6)7/h4,9,11,14,16H,5-8,10,12-13H2,1-3H3;(H,6,7). The van der Waals surface area contributed by atoms with Crippen molar-refractivity contribution in [1.29, 1.82) is 0 Å². The van der Waals surface area contributed by atoms with E-state index in [0.29, 0.717) is 23.1 Å². The van der Waals surface area contributed by atoms with Gasteiger partial charge in [0.2, 0.25) is 0 Å². The lowest BCUT2D eigenvalue weighted by Crippen LogP contribution is -2.44. The van der Waals surface area contributed by atoms with Crippen molar-refractivity contribution >= 4 is 11.9 Å². The third kappa shape index (κ3) is 5.98. The fourth-order valence-electron chi connectivity index (χ4n) is 4.26. The van der Waals surface area contributed by atoms with Gasteiger partial charge in [-0.25, -0.2) is 4.79 Å². The number of aliphatic carboxylic acids is 1. The number of nitrogens with zero attached hydrogens (tertiary/aromatic N) is 2. The molecular formula is C20H29F3N2O5. The number of rotatable bonds is 4. The van der Waals surface area contributed by atoms with Crippen LogP contribution >= 0.6 is 0 Å². The second-order valence-corrected chi connectivity index (χ2v) is 8.19. The number of methoxy groups -OCH3 is 1. The number of piperidine rings is 1. The molecule has 2 aliphatic heterocycles. The highest BCUT2D eigenvalue weighted by Crippen LogP contribution is 2.44. The van der Waals surface area contributed by atoms with Crippen molar-refractivity contribution in [2.75, 3.05) is 33.4 Å². The van der Waals surface area contributed by atoms with E-state index in [0.717, 1.165) is 39.1 Å². The van der Waals surface area contributed by atoms with Crippen molar-refractivity contribution in [2.24, 2.45) is 5.41 Å². The molecule has 1 spiro atoms. The summed E-state index contributed by atoms with van der Waals surface area (Å²) in [5.41, 5.74) is 1.01. The van der Waals surface area contributed by atoms with Crippen molar-refractivity contribution in [3.63, 3.8) is 0 Å². The summed E-state index contributed by atoms with van der Waals surface area (Å²) in [6, 6.07) is 2.80. The highest BCUT2D eigenvalue weighted by Gasteiger charge is 2.46. The molecule has 1 aromatic rings. The average molecular weight is 434 g/mol. The summed E-state index contributed by atoms with van der Waals surface area (Å²) in [5, 5.41) is 7.12. The molecule has 0 bridgehead atoms. The monoisotopic (exact) mass is 434 g/mol. The van der Waals surface area contributed by atoms with E-state index in [1.165, 1.54) is 12.7 Å². The minimum absolute atomic E-state index is 0.0979. The number of carboxylic acid groups (broad SMARTS) is 1. The minimum atomic E-state index is -5.08. The molecule has 170 valence electrons. The molecule has 7 nitrogen and oxygen atoms in total. The molecule has 10 heteroatoms. The predicted molar refractivity (Wildman–Crippen MR) is 102 cm³/mol. The molecule has 3 rings (SSSR count). The number of ether oxygens (including phenoxy) is 1. The molecule has 1 amide bonds. The lowest BCUT2D eigenvalue weighted by molar-refractivity contribution is -0.192. The number of hydrogen-bond donors (Lipinski definition) is 1. The molecule has 2 fully saturated rings. The summed E-state index contributed by atoms with van der Waals surface area (Å²) in [6.45, 7) is 8.15. The maximum Gasteiger partial charge on any atom is 0.490 e. The van der Waals surface area contributed by atoms with Crippen LogP contribution < -0.4 is 0 Å². The summed E-state index contributed by atoms with van der Waals surface area (Å²) >= 11 is 0. The molecule has 1 aromatic heterocycles. The van der Waals surface area contributed by atoms with Gasteiger partial charge in [0.05, 0.1) is 18.4 Å². The van der Waals surface area contributed by atoms with Crippen molar-refractivity contribution in [1.82, 2.24) is 9.80 Å². The molecule has 1 atom stereocenters. The van der Waals surface area contributed by atoms with Crippen molar-refractivity contribution < 1.29 is 37.0 Å². The van der Waals surface area contributed by atoms with Gasteiger partial charge in [-0.1, -0.05) is 0 Å². The number of hydrogen-bond acceptors (Lipinski definition) is 5. The highest BCUT2D eigenvalue weighted by atomic mass is 19.4. The van der Waals surface area contributed by atoms with Gasteiger partial charge in [0, 0.05) is 38.8 Å². The first-order chi connectivity index (χ1) is 14.0. The van der Waals surface area contributed by atoms with E-state index in [1.54, 1.807) is 19.4 Å². The number of likely N-dealkylation sites (tertiary alicyclic amines) is 2. The van der Waals surface area contributed by atoms with Crippen LogP contribution in [0.1, 0.15) is 43.5 Å². The zero-order valence-electron chi connectivity index (χ0n) is 17.4. The van der Waals surface area contributed by atoms with Crippen LogP contribution in [0.5, 0.6) is 0 Å². The largest absolute Gasteiger partial charge is 0.490 e. The van der Waals surface area contributed by atoms with Gasteiger partial charge in [0.25, 0.3) is 5.91 Å². The lowest BCUT2D eigenvalue weighted by atomic mass is 9.76. The zero-order valence-corrected chi connectivity index (χ0v) is 17.4. The maximum atomic E-state index is 12.4. The van der Waals surface area contributed by atoms with Crippen LogP contribution in [-0.4, -0.2) is 78.4 Å². The smallest absolute Gasteiger partial charge is 0.475 e. The van der Waals surface area contributed by atoms with E-state index in [-0.39, 0.29) is 5.91 Å². The van der Waals surface area contributed by atoms with E-state index in [4.69, 9.17) is 19.1 Å². The molecule has 2 aliphatic rings. The van der Waals surface area contributed by atoms with Gasteiger partial charge in [-0.05, 0) is 44.6 Å². The van der Waals surface area contributed by atoms with Crippen LogP contribution in [0.2, 0.25) is 0 Å². The van der Waals surface area contributed by atoms with Crippen LogP contribution in [0.4, 0.5) is 13.2 Å². The lowest BCUT2D eigenvalue weighted by Gasteiger charge is -2.39. The van der Waals surface area contributed by atoms with Gasteiger partial charge in [0.1, 0.15) is 6.26 Å². The van der Waals surface area contributed by atoms with Gasteiger partial charge in [-0.3, -0.25) is 9.69 Å². The SMILES string of the molecule is COCC1CC2(CCN(C(=O)c3ccoc3)CC2)CN1C(C)C.O=C(O)C(F)(F)F. The topological polar surface area (TPSA) is 83.2 Å². The number of furan rings is 1. The molecule has 2 saturated heterocycles. The summed E-state index contributed by atoms with van der Waals surface area (Å²) in [4.78, 5) is 25.9. The van der Waals surface area contributed by atoms with Gasteiger partial charge in [-0.2, -0.15) is 13.2 Å². The van der Waals surface area contributed by atoms with Crippen molar-refractivity contribution in [2.45, 2.75) is 51.4 Å². The average Bonchev–Trinajstić information content (AvgIpc) is 3.31. The number of alkyl halides is 3. The molecule has 0 aromatic carbocycles. The van der Waals surface area contributed by atoms with Crippen molar-refractivity contribution in [3.05, 3.63) is 24.2 Å². The second kappa shape index (κ2) is 9.82. The first kappa shape index (κ1) is 24.2. The maximum absolute atomic E-state index is 12.4. The zero-order chi connectivity index (χ0) is 22.5. The quantitative estimate of drug-likeness (QED) is 0.783. The van der Waals surface area contributed by atoms with E-state index < -0.39 is 12.1 Å². The third-order valence-corrected chi connectivity index (χ3v) is 5.80. The summed E-state index contributed by atoms with van der Waals surface area (Å²) in [6.07, 6.45) is 1.37. The van der Waals surface area contributed by atoms with Crippen LogP contribution in [0.25, 0.3) is 0 Å². The van der Waals surface area contributed by atoms with Crippen LogP contribution in [0.3, 0.4) is 0 Å². The van der Waals surface area contributed by atoms with Gasteiger partial charge >= 0.3 is 12.1 Å². The Hall–Kier alpha value is -2.07. The number of halogens is 3. The Labute approximate surface area is 173 Å². The molecule has 0 radical (unpaired) electrons. The number of carbonyl (C=O) groups excluding carboxylic acids is 1. The molecule has 0 saturated carbocycles. The van der Waals surface area contributed by atoms with Gasteiger partial charge < -0.3 is 19.2 Å². The number of carbonyl (C=O) groups is 2. The summed E-state index contributed by atoms with van der Waals surface area (Å²) in [5.74, 6) is -2.66. The molecule has 1 N–H and O–H groups in total. The Morgan fingerprint density at radius 1 is 1.33 bits per heavy atom. The van der Waals surface area contributed by atoms with E-state index >= 15 is 0 Å². The first-order valence-corrected chi connectivity index (χ1v) is 9.85. The van der Waals surface area contributed by atoms with E-state index in [1.807, 2.05) is 4.90 Å². The third-order valence-electron chi connectivity index (χ3n) is 5.80. The molecular weight excluding hydrogens is 405 g/mol. The van der Waals surface area contributed by atoms with Gasteiger partial charge in [0.15, 0.2) is 0 Å². The van der Waals surface area contributed by atoms with Crippen LogP contribution in [0.15, 0.2) is 23.0 Å².